The molecule has 1 aliphatic carbocycles. The SMILES string of the molecule is CN1CC2CC(N3CCN(Cc4ccccc4)CC3)CC2C1. The van der Waals surface area contributed by atoms with Crippen molar-refractivity contribution in [1.29, 1.82) is 0 Å². The van der Waals surface area contributed by atoms with Crippen LogP contribution >= 0.6 is 0 Å². The highest BCUT2D eigenvalue weighted by Crippen LogP contribution is 2.39. The number of piperazine rings is 1. The zero-order valence-corrected chi connectivity index (χ0v) is 13.8. The summed E-state index contributed by atoms with van der Waals surface area (Å²) in [6.07, 6.45) is 2.90. The molecule has 2 aliphatic heterocycles. The van der Waals surface area contributed by atoms with Crippen LogP contribution in [0.15, 0.2) is 30.3 Å². The minimum Gasteiger partial charge on any atom is -0.306 e. The van der Waals surface area contributed by atoms with Crippen LogP contribution in [0, 0.1) is 11.8 Å². The normalized spacial score (nSPS) is 34.1. The first-order valence-electron chi connectivity index (χ1n) is 8.97. The van der Waals surface area contributed by atoms with Crippen LogP contribution in [-0.4, -0.2) is 67.1 Å². The van der Waals surface area contributed by atoms with Gasteiger partial charge in [0, 0.05) is 51.9 Å². The molecule has 0 amide bonds. The van der Waals surface area contributed by atoms with Crippen LogP contribution < -0.4 is 0 Å². The van der Waals surface area contributed by atoms with E-state index in [1.807, 2.05) is 0 Å². The molecular formula is C19H29N3. The van der Waals surface area contributed by atoms with Crippen molar-refractivity contribution in [2.24, 2.45) is 11.8 Å². The second kappa shape index (κ2) is 6.31. The third-order valence-corrected chi connectivity index (χ3v) is 6.08. The third kappa shape index (κ3) is 3.08. The van der Waals surface area contributed by atoms with Crippen molar-refractivity contribution in [3.63, 3.8) is 0 Å². The van der Waals surface area contributed by atoms with E-state index in [0.29, 0.717) is 0 Å². The van der Waals surface area contributed by atoms with Crippen molar-refractivity contribution in [1.82, 2.24) is 14.7 Å². The van der Waals surface area contributed by atoms with Crippen LogP contribution in [-0.2, 0) is 6.54 Å². The average molecular weight is 299 g/mol. The third-order valence-electron chi connectivity index (χ3n) is 6.08. The molecular weight excluding hydrogens is 270 g/mol. The highest BCUT2D eigenvalue weighted by atomic mass is 15.3. The van der Waals surface area contributed by atoms with E-state index in [0.717, 1.165) is 24.4 Å². The summed E-state index contributed by atoms with van der Waals surface area (Å²) >= 11 is 0. The minimum atomic E-state index is 0.877. The second-order valence-corrected chi connectivity index (χ2v) is 7.66. The minimum absolute atomic E-state index is 0.877. The molecule has 3 nitrogen and oxygen atoms in total. The Morgan fingerprint density at radius 2 is 1.55 bits per heavy atom. The van der Waals surface area contributed by atoms with E-state index in [2.05, 4.69) is 52.1 Å². The summed E-state index contributed by atoms with van der Waals surface area (Å²) in [5, 5.41) is 0. The molecule has 1 saturated carbocycles. The van der Waals surface area contributed by atoms with Crippen molar-refractivity contribution in [3.8, 4) is 0 Å². The molecule has 4 rings (SSSR count). The summed E-state index contributed by atoms with van der Waals surface area (Å²) in [4.78, 5) is 7.94. The Hall–Kier alpha value is -0.900. The van der Waals surface area contributed by atoms with E-state index in [-0.39, 0.29) is 0 Å². The Labute approximate surface area is 134 Å². The predicted octanol–water partition coefficient (Wildman–Crippen LogP) is 2.14. The predicted molar refractivity (Wildman–Crippen MR) is 90.8 cm³/mol. The zero-order valence-electron chi connectivity index (χ0n) is 13.8. The molecule has 0 radical (unpaired) electrons. The molecule has 2 atom stereocenters. The first-order chi connectivity index (χ1) is 10.8. The topological polar surface area (TPSA) is 9.72 Å². The molecule has 1 aromatic carbocycles. The van der Waals surface area contributed by atoms with Gasteiger partial charge in [-0.1, -0.05) is 30.3 Å². The van der Waals surface area contributed by atoms with E-state index >= 15 is 0 Å². The van der Waals surface area contributed by atoms with E-state index in [4.69, 9.17) is 0 Å². The maximum Gasteiger partial charge on any atom is 0.0234 e. The van der Waals surface area contributed by atoms with Gasteiger partial charge in [-0.25, -0.2) is 0 Å². The molecule has 3 aliphatic rings. The quantitative estimate of drug-likeness (QED) is 0.847. The van der Waals surface area contributed by atoms with Gasteiger partial charge in [0.2, 0.25) is 0 Å². The van der Waals surface area contributed by atoms with Gasteiger partial charge in [-0.3, -0.25) is 9.80 Å². The standard InChI is InChI=1S/C19H29N3/c1-20-14-17-11-19(12-18(17)15-20)22-9-7-21(8-10-22)13-16-5-3-2-4-6-16/h2-6,17-19H,7-15H2,1H3. The van der Waals surface area contributed by atoms with Crippen molar-refractivity contribution in [2.75, 3.05) is 46.3 Å². The molecule has 2 saturated heterocycles. The van der Waals surface area contributed by atoms with Crippen molar-refractivity contribution < 1.29 is 0 Å². The molecule has 2 heterocycles. The number of benzene rings is 1. The van der Waals surface area contributed by atoms with Crippen LogP contribution in [0.2, 0.25) is 0 Å². The van der Waals surface area contributed by atoms with Crippen molar-refractivity contribution in [2.45, 2.75) is 25.4 Å². The first kappa shape index (κ1) is 14.7. The number of hydrogen-bond donors (Lipinski definition) is 0. The highest BCUT2D eigenvalue weighted by Gasteiger charge is 2.41. The highest BCUT2D eigenvalue weighted by molar-refractivity contribution is 5.14. The van der Waals surface area contributed by atoms with Gasteiger partial charge in [-0.15, -0.1) is 0 Å². The molecule has 22 heavy (non-hydrogen) atoms. The lowest BCUT2D eigenvalue weighted by Gasteiger charge is -2.38. The summed E-state index contributed by atoms with van der Waals surface area (Å²) in [5.41, 5.74) is 1.45. The Kier molecular flexibility index (Phi) is 4.21. The number of rotatable bonds is 3. The van der Waals surface area contributed by atoms with Crippen molar-refractivity contribution in [3.05, 3.63) is 35.9 Å². The number of nitrogens with zero attached hydrogens (tertiary/aromatic N) is 3. The fourth-order valence-electron chi connectivity index (χ4n) is 4.93. The fraction of sp³-hybridized carbons (Fsp3) is 0.684. The zero-order chi connectivity index (χ0) is 14.9. The molecule has 0 aromatic heterocycles. The lowest BCUT2D eigenvalue weighted by Crippen LogP contribution is -2.49. The number of likely N-dealkylation sites (tertiary alicyclic amines) is 1. The van der Waals surface area contributed by atoms with E-state index in [9.17, 15) is 0 Å². The van der Waals surface area contributed by atoms with Crippen LogP contribution in [0.1, 0.15) is 18.4 Å². The summed E-state index contributed by atoms with van der Waals surface area (Å²) in [6.45, 7) is 8.82. The molecule has 0 bridgehead atoms. The fourth-order valence-corrected chi connectivity index (χ4v) is 4.93. The second-order valence-electron chi connectivity index (χ2n) is 7.66. The van der Waals surface area contributed by atoms with E-state index < -0.39 is 0 Å². The van der Waals surface area contributed by atoms with Crippen molar-refractivity contribution >= 4 is 0 Å². The Morgan fingerprint density at radius 1 is 0.909 bits per heavy atom. The average Bonchev–Trinajstić information content (AvgIpc) is 3.06. The number of hydrogen-bond acceptors (Lipinski definition) is 3. The maximum absolute atomic E-state index is 2.79. The largest absolute Gasteiger partial charge is 0.306 e. The summed E-state index contributed by atoms with van der Waals surface area (Å²) in [7, 11) is 2.29. The van der Waals surface area contributed by atoms with Gasteiger partial charge in [-0.05, 0) is 37.3 Å². The first-order valence-corrected chi connectivity index (χ1v) is 8.97. The molecule has 1 aromatic rings. The molecule has 3 fully saturated rings. The maximum atomic E-state index is 2.79. The monoisotopic (exact) mass is 299 g/mol. The van der Waals surface area contributed by atoms with Crippen LogP contribution in [0.5, 0.6) is 0 Å². The van der Waals surface area contributed by atoms with Gasteiger partial charge in [-0.2, -0.15) is 0 Å². The lowest BCUT2D eigenvalue weighted by atomic mass is 10.0. The van der Waals surface area contributed by atoms with Gasteiger partial charge in [0.05, 0.1) is 0 Å². The van der Waals surface area contributed by atoms with E-state index in [1.54, 1.807) is 0 Å². The van der Waals surface area contributed by atoms with Crippen LogP contribution in [0.4, 0.5) is 0 Å². The van der Waals surface area contributed by atoms with Crippen LogP contribution in [0.25, 0.3) is 0 Å². The molecule has 2 unspecified atom stereocenters. The molecule has 3 heteroatoms. The van der Waals surface area contributed by atoms with Gasteiger partial charge >= 0.3 is 0 Å². The van der Waals surface area contributed by atoms with Gasteiger partial charge in [0.15, 0.2) is 0 Å². The summed E-state index contributed by atoms with van der Waals surface area (Å²) in [5.74, 6) is 1.97. The Balaban J connectivity index is 1.26. The van der Waals surface area contributed by atoms with Gasteiger partial charge in [0.25, 0.3) is 0 Å². The Morgan fingerprint density at radius 3 is 2.18 bits per heavy atom. The van der Waals surface area contributed by atoms with Crippen LogP contribution in [0.3, 0.4) is 0 Å². The summed E-state index contributed by atoms with van der Waals surface area (Å²) < 4.78 is 0. The molecule has 0 N–H and O–H groups in total. The van der Waals surface area contributed by atoms with E-state index in [1.165, 1.54) is 57.7 Å². The summed E-state index contributed by atoms with van der Waals surface area (Å²) in [6, 6.07) is 11.8. The number of fused-ring (bicyclic) bond motifs is 1. The van der Waals surface area contributed by atoms with Gasteiger partial charge in [0.1, 0.15) is 0 Å². The molecule has 120 valence electrons. The Bertz CT molecular complexity index is 467. The van der Waals surface area contributed by atoms with Gasteiger partial charge < -0.3 is 4.90 Å². The lowest BCUT2D eigenvalue weighted by molar-refractivity contribution is 0.0890. The molecule has 0 spiro atoms. The smallest absolute Gasteiger partial charge is 0.0234 e.